The number of fused-ring (bicyclic) bond motifs is 1. The SMILES string of the molecule is Cl.Cl.NCC1OC(C2CCN(CCc3ccc(Cl)cc3)CC2)=Cc2c1ccc(O)c2O. The number of likely N-dealkylation sites (tertiary alicyclic amines) is 1. The van der Waals surface area contributed by atoms with E-state index in [0.717, 1.165) is 55.2 Å². The van der Waals surface area contributed by atoms with Gasteiger partial charge in [-0.3, -0.25) is 0 Å². The van der Waals surface area contributed by atoms with Crippen molar-refractivity contribution in [1.82, 2.24) is 4.90 Å². The Morgan fingerprint density at radius 3 is 2.35 bits per heavy atom. The molecule has 0 saturated carbocycles. The van der Waals surface area contributed by atoms with E-state index in [0.29, 0.717) is 18.0 Å². The third-order valence-corrected chi connectivity index (χ3v) is 6.23. The van der Waals surface area contributed by atoms with E-state index in [1.807, 2.05) is 18.2 Å². The molecule has 0 bridgehead atoms. The molecule has 1 unspecified atom stereocenters. The summed E-state index contributed by atoms with van der Waals surface area (Å²) in [7, 11) is 0. The number of piperidine rings is 1. The maximum atomic E-state index is 10.3. The van der Waals surface area contributed by atoms with E-state index in [1.165, 1.54) is 11.6 Å². The van der Waals surface area contributed by atoms with Crippen LogP contribution in [-0.4, -0.2) is 41.3 Å². The molecule has 1 saturated heterocycles. The molecule has 2 heterocycles. The van der Waals surface area contributed by atoms with Gasteiger partial charge >= 0.3 is 0 Å². The molecule has 2 aromatic rings. The highest BCUT2D eigenvalue weighted by Gasteiger charge is 2.30. The van der Waals surface area contributed by atoms with Crippen molar-refractivity contribution in [2.45, 2.75) is 25.4 Å². The topological polar surface area (TPSA) is 79.0 Å². The quantitative estimate of drug-likeness (QED) is 0.522. The maximum Gasteiger partial charge on any atom is 0.165 e. The Balaban J connectivity index is 0.00000171. The highest BCUT2D eigenvalue weighted by Crippen LogP contribution is 2.43. The number of halogens is 3. The van der Waals surface area contributed by atoms with Crippen LogP contribution in [0, 0.1) is 5.92 Å². The van der Waals surface area contributed by atoms with Crippen molar-refractivity contribution in [3.8, 4) is 11.5 Å². The van der Waals surface area contributed by atoms with E-state index in [-0.39, 0.29) is 42.4 Å². The van der Waals surface area contributed by atoms with Crippen molar-refractivity contribution in [1.29, 1.82) is 0 Å². The Hall–Kier alpha value is -1.63. The lowest BCUT2D eigenvalue weighted by atomic mass is 9.89. The second-order valence-electron chi connectivity index (χ2n) is 7.82. The molecule has 2 aliphatic heterocycles. The third kappa shape index (κ3) is 5.79. The number of rotatable bonds is 5. The van der Waals surface area contributed by atoms with Gasteiger partial charge in [0.25, 0.3) is 0 Å². The van der Waals surface area contributed by atoms with Crippen LogP contribution < -0.4 is 5.73 Å². The third-order valence-electron chi connectivity index (χ3n) is 5.98. The van der Waals surface area contributed by atoms with Gasteiger partial charge in [0.2, 0.25) is 0 Å². The molecule has 0 radical (unpaired) electrons. The number of nitrogens with zero attached hydrogens (tertiary/aromatic N) is 1. The van der Waals surface area contributed by atoms with Crippen molar-refractivity contribution < 1.29 is 14.9 Å². The molecule has 0 spiro atoms. The normalized spacial score (nSPS) is 18.8. The molecular weight excluding hydrogens is 459 g/mol. The highest BCUT2D eigenvalue weighted by atomic mass is 35.5. The molecule has 1 fully saturated rings. The summed E-state index contributed by atoms with van der Waals surface area (Å²) in [6.07, 6.45) is 4.60. The Morgan fingerprint density at radius 2 is 1.71 bits per heavy atom. The largest absolute Gasteiger partial charge is 0.504 e. The predicted octanol–water partition coefficient (Wildman–Crippen LogP) is 4.92. The number of nitrogens with two attached hydrogens (primary N) is 1. The Labute approximate surface area is 200 Å². The van der Waals surface area contributed by atoms with E-state index in [2.05, 4.69) is 17.0 Å². The smallest absolute Gasteiger partial charge is 0.165 e. The van der Waals surface area contributed by atoms with Gasteiger partial charge in [0.15, 0.2) is 11.5 Å². The number of hydrogen-bond acceptors (Lipinski definition) is 5. The summed E-state index contributed by atoms with van der Waals surface area (Å²) >= 11 is 5.96. The fourth-order valence-electron chi connectivity index (χ4n) is 4.22. The first-order valence-corrected chi connectivity index (χ1v) is 10.5. The van der Waals surface area contributed by atoms with Crippen LogP contribution in [0.2, 0.25) is 5.02 Å². The number of allylic oxidation sites excluding steroid dienone is 1. The lowest BCUT2D eigenvalue weighted by molar-refractivity contribution is 0.0763. The number of aromatic hydroxyl groups is 2. The predicted molar refractivity (Wildman–Crippen MR) is 129 cm³/mol. The van der Waals surface area contributed by atoms with Gasteiger partial charge in [-0.2, -0.15) is 0 Å². The van der Waals surface area contributed by atoms with Crippen LogP contribution in [0.3, 0.4) is 0 Å². The van der Waals surface area contributed by atoms with Crippen molar-refractivity contribution in [3.63, 3.8) is 0 Å². The highest BCUT2D eigenvalue weighted by molar-refractivity contribution is 6.30. The van der Waals surface area contributed by atoms with Crippen LogP contribution >= 0.6 is 36.4 Å². The lowest BCUT2D eigenvalue weighted by Gasteiger charge is -2.36. The summed E-state index contributed by atoms with van der Waals surface area (Å²) < 4.78 is 6.18. The summed E-state index contributed by atoms with van der Waals surface area (Å²) in [5, 5.41) is 20.9. The van der Waals surface area contributed by atoms with Crippen LogP contribution in [0.15, 0.2) is 42.2 Å². The van der Waals surface area contributed by atoms with Gasteiger partial charge in [-0.1, -0.05) is 29.8 Å². The standard InChI is InChI=1S/C23H27ClN2O3.2ClH/c24-17-3-1-15(2-4-17)7-10-26-11-8-16(9-12-26)21-13-19-18(22(14-25)29-21)5-6-20(27)23(19)28;;/h1-6,13,16,22,27-28H,7-12,14,25H2;2*1H. The molecule has 0 aliphatic carbocycles. The monoisotopic (exact) mass is 486 g/mol. The van der Waals surface area contributed by atoms with Crippen molar-refractivity contribution in [3.05, 3.63) is 63.9 Å². The van der Waals surface area contributed by atoms with Gasteiger partial charge in [-0.15, -0.1) is 24.8 Å². The fraction of sp³-hybridized carbons (Fsp3) is 0.391. The second kappa shape index (κ2) is 11.3. The zero-order valence-electron chi connectivity index (χ0n) is 17.2. The molecule has 1 atom stereocenters. The van der Waals surface area contributed by atoms with Gasteiger partial charge < -0.3 is 25.6 Å². The summed E-state index contributed by atoms with van der Waals surface area (Å²) in [5.74, 6) is 0.952. The zero-order chi connectivity index (χ0) is 20.4. The molecule has 0 aromatic heterocycles. The summed E-state index contributed by atoms with van der Waals surface area (Å²) in [6.45, 7) is 3.36. The fourth-order valence-corrected chi connectivity index (χ4v) is 4.34. The molecule has 2 aromatic carbocycles. The average Bonchev–Trinajstić information content (AvgIpc) is 2.75. The Bertz CT molecular complexity index is 898. The van der Waals surface area contributed by atoms with Gasteiger partial charge in [-0.05, 0) is 62.2 Å². The minimum atomic E-state index is -0.292. The van der Waals surface area contributed by atoms with E-state index < -0.39 is 0 Å². The van der Waals surface area contributed by atoms with E-state index in [9.17, 15) is 10.2 Å². The van der Waals surface area contributed by atoms with E-state index in [4.69, 9.17) is 22.1 Å². The number of hydrogen-bond donors (Lipinski definition) is 3. The molecule has 4 rings (SSSR count). The lowest BCUT2D eigenvalue weighted by Crippen LogP contribution is -2.36. The van der Waals surface area contributed by atoms with Crippen LogP contribution in [0.1, 0.15) is 35.6 Å². The maximum absolute atomic E-state index is 10.3. The Kier molecular flexibility index (Phi) is 9.34. The van der Waals surface area contributed by atoms with E-state index in [1.54, 1.807) is 6.07 Å². The molecule has 5 nitrogen and oxygen atoms in total. The van der Waals surface area contributed by atoms with Gasteiger partial charge in [0, 0.05) is 35.2 Å². The first-order valence-electron chi connectivity index (χ1n) is 10.1. The molecule has 170 valence electrons. The zero-order valence-corrected chi connectivity index (χ0v) is 19.6. The molecule has 2 aliphatic rings. The first-order chi connectivity index (χ1) is 14.0. The number of benzene rings is 2. The van der Waals surface area contributed by atoms with Gasteiger partial charge in [0.1, 0.15) is 11.9 Å². The van der Waals surface area contributed by atoms with Crippen LogP contribution in [0.25, 0.3) is 6.08 Å². The summed E-state index contributed by atoms with van der Waals surface area (Å²) in [5.41, 5.74) is 8.67. The van der Waals surface area contributed by atoms with Crippen LogP contribution in [-0.2, 0) is 11.2 Å². The molecule has 8 heteroatoms. The second-order valence-corrected chi connectivity index (χ2v) is 8.25. The Morgan fingerprint density at radius 1 is 1.03 bits per heavy atom. The molecule has 0 amide bonds. The molecule has 4 N–H and O–H groups in total. The van der Waals surface area contributed by atoms with E-state index >= 15 is 0 Å². The first kappa shape index (κ1) is 25.6. The van der Waals surface area contributed by atoms with Crippen molar-refractivity contribution in [2.75, 3.05) is 26.2 Å². The molecule has 31 heavy (non-hydrogen) atoms. The van der Waals surface area contributed by atoms with Crippen LogP contribution in [0.5, 0.6) is 11.5 Å². The van der Waals surface area contributed by atoms with Gasteiger partial charge in [-0.25, -0.2) is 0 Å². The summed E-state index contributed by atoms with van der Waals surface area (Å²) in [4.78, 5) is 2.48. The number of ether oxygens (including phenoxy) is 1. The minimum absolute atomic E-state index is 0. The molecular formula is C23H29Cl3N2O3. The van der Waals surface area contributed by atoms with Crippen molar-refractivity contribution in [2.24, 2.45) is 11.7 Å². The van der Waals surface area contributed by atoms with Crippen molar-refractivity contribution >= 4 is 42.5 Å². The minimum Gasteiger partial charge on any atom is -0.504 e. The number of phenols is 2. The number of phenolic OH excluding ortho intramolecular Hbond substituents is 2. The van der Waals surface area contributed by atoms with Crippen LogP contribution in [0.4, 0.5) is 0 Å². The summed E-state index contributed by atoms with van der Waals surface area (Å²) in [6, 6.07) is 11.3. The van der Waals surface area contributed by atoms with Gasteiger partial charge in [0.05, 0.1) is 0 Å². The average molecular weight is 488 g/mol.